The Balaban J connectivity index is 2.39. The Morgan fingerprint density at radius 1 is 0.886 bits per heavy atom. The zero-order valence-corrected chi connectivity index (χ0v) is 20.9. The van der Waals surface area contributed by atoms with E-state index in [0.29, 0.717) is 25.7 Å². The first-order chi connectivity index (χ1) is 16.1. The number of aliphatic carboxylic acids is 2. The van der Waals surface area contributed by atoms with E-state index in [4.69, 9.17) is 5.11 Å². The first-order valence-corrected chi connectivity index (χ1v) is 11.7. The topological polar surface area (TPSA) is 170 Å². The lowest BCUT2D eigenvalue weighted by Crippen LogP contribution is -2.49. The Hall–Kier alpha value is -3.24. The van der Waals surface area contributed by atoms with Crippen LogP contribution in [0.3, 0.4) is 0 Å². The van der Waals surface area contributed by atoms with Crippen LogP contribution in [0.15, 0.2) is 12.2 Å². The monoisotopic (exact) mass is 495 g/mol. The summed E-state index contributed by atoms with van der Waals surface area (Å²) in [5, 5.41) is 23.4. The first-order valence-electron chi connectivity index (χ1n) is 11.7. The minimum atomic E-state index is -1.30. The summed E-state index contributed by atoms with van der Waals surface area (Å²) in [4.78, 5) is 71.2. The third kappa shape index (κ3) is 11.6. The van der Waals surface area contributed by atoms with Gasteiger partial charge in [0, 0.05) is 38.1 Å². The molecule has 0 fully saturated rings. The van der Waals surface area contributed by atoms with Gasteiger partial charge in [0.1, 0.15) is 6.04 Å². The van der Waals surface area contributed by atoms with E-state index in [9.17, 15) is 33.9 Å². The molecule has 0 bridgehead atoms. The second-order valence-electron chi connectivity index (χ2n) is 10.5. The Morgan fingerprint density at radius 3 is 2.00 bits per heavy atom. The minimum Gasteiger partial charge on any atom is -0.481 e. The van der Waals surface area contributed by atoms with E-state index in [2.05, 4.69) is 10.6 Å². The predicted molar refractivity (Wildman–Crippen MR) is 126 cm³/mol. The van der Waals surface area contributed by atoms with Crippen LogP contribution in [0.1, 0.15) is 72.6 Å². The van der Waals surface area contributed by atoms with Gasteiger partial charge in [-0.1, -0.05) is 34.1 Å². The van der Waals surface area contributed by atoms with Crippen molar-refractivity contribution in [3.8, 4) is 0 Å². The van der Waals surface area contributed by atoms with Crippen LogP contribution in [0.25, 0.3) is 0 Å². The number of amides is 4. The molecule has 0 aromatic heterocycles. The van der Waals surface area contributed by atoms with Crippen molar-refractivity contribution in [2.45, 2.75) is 78.7 Å². The molecule has 35 heavy (non-hydrogen) atoms. The van der Waals surface area contributed by atoms with Crippen LogP contribution in [-0.2, 0) is 28.8 Å². The molecule has 0 aromatic carbocycles. The van der Waals surface area contributed by atoms with E-state index in [0.717, 1.165) is 4.90 Å². The van der Waals surface area contributed by atoms with Gasteiger partial charge in [0.05, 0.1) is 6.42 Å². The molecule has 1 aliphatic rings. The molecule has 11 nitrogen and oxygen atoms in total. The number of hydrogen-bond acceptors (Lipinski definition) is 6. The highest BCUT2D eigenvalue weighted by atomic mass is 16.4. The van der Waals surface area contributed by atoms with Gasteiger partial charge in [-0.15, -0.1) is 0 Å². The van der Waals surface area contributed by atoms with Gasteiger partial charge >= 0.3 is 11.9 Å². The van der Waals surface area contributed by atoms with Crippen molar-refractivity contribution in [1.82, 2.24) is 15.5 Å². The van der Waals surface area contributed by atoms with E-state index >= 15 is 0 Å². The molecule has 0 aromatic rings. The standard InChI is InChI=1S/C24H37N3O8/c1-23(2,15-24(3,4)13-21(32)33)12-18(29)26-16(22(34)35)14-25-17(28)8-6-5-7-11-27-19(30)9-10-20(27)31/h9-10,16H,5-8,11-15H2,1-4H3,(H,25,28)(H,26,29)(H,32,33)(H,34,35)/t16-/m1/s1. The van der Waals surface area contributed by atoms with Crippen molar-refractivity contribution in [2.24, 2.45) is 10.8 Å². The van der Waals surface area contributed by atoms with Crippen molar-refractivity contribution in [3.63, 3.8) is 0 Å². The molecule has 1 aliphatic heterocycles. The Morgan fingerprint density at radius 2 is 1.46 bits per heavy atom. The number of rotatable bonds is 16. The summed E-state index contributed by atoms with van der Waals surface area (Å²) in [5.41, 5.74) is -1.10. The van der Waals surface area contributed by atoms with Crippen molar-refractivity contribution in [1.29, 1.82) is 0 Å². The number of hydrogen-bond donors (Lipinski definition) is 4. The quantitative estimate of drug-likeness (QED) is 0.184. The third-order valence-electron chi connectivity index (χ3n) is 5.55. The fraction of sp³-hybridized carbons (Fsp3) is 0.667. The van der Waals surface area contributed by atoms with Crippen molar-refractivity contribution in [3.05, 3.63) is 12.2 Å². The van der Waals surface area contributed by atoms with Gasteiger partial charge in [0.2, 0.25) is 11.8 Å². The normalized spacial score (nSPS) is 14.7. The number of carboxylic acids is 2. The van der Waals surface area contributed by atoms with Crippen molar-refractivity contribution < 1.29 is 39.0 Å². The maximum Gasteiger partial charge on any atom is 0.328 e. The summed E-state index contributed by atoms with van der Waals surface area (Å²) in [7, 11) is 0. The fourth-order valence-electron chi connectivity index (χ4n) is 4.40. The summed E-state index contributed by atoms with van der Waals surface area (Å²) >= 11 is 0. The van der Waals surface area contributed by atoms with Gasteiger partial charge in [-0.2, -0.15) is 0 Å². The second kappa shape index (κ2) is 13.0. The van der Waals surface area contributed by atoms with Crippen LogP contribution in [0.2, 0.25) is 0 Å². The van der Waals surface area contributed by atoms with E-state index in [1.54, 1.807) is 13.8 Å². The second-order valence-corrected chi connectivity index (χ2v) is 10.5. The summed E-state index contributed by atoms with van der Waals surface area (Å²) in [6.45, 7) is 7.26. The SMILES string of the molecule is CC(C)(CC(=O)O)CC(C)(C)CC(=O)N[C@H](CNC(=O)CCCCCN1C(=O)C=CC1=O)C(=O)O. The average molecular weight is 496 g/mol. The number of unbranched alkanes of at least 4 members (excludes halogenated alkanes) is 2. The molecule has 4 amide bonds. The molecule has 1 rings (SSSR count). The smallest absolute Gasteiger partial charge is 0.328 e. The molecule has 4 N–H and O–H groups in total. The van der Waals surface area contributed by atoms with Gasteiger partial charge < -0.3 is 20.8 Å². The number of carboxylic acid groups (broad SMARTS) is 2. The summed E-state index contributed by atoms with van der Waals surface area (Å²) in [6.07, 6.45) is 4.65. The highest BCUT2D eigenvalue weighted by Gasteiger charge is 2.33. The van der Waals surface area contributed by atoms with Crippen molar-refractivity contribution >= 4 is 35.6 Å². The van der Waals surface area contributed by atoms with Crippen LogP contribution in [0.4, 0.5) is 0 Å². The zero-order chi connectivity index (χ0) is 26.8. The van der Waals surface area contributed by atoms with Crippen LogP contribution in [0.5, 0.6) is 0 Å². The average Bonchev–Trinajstić information content (AvgIpc) is 3.00. The largest absolute Gasteiger partial charge is 0.481 e. The van der Waals surface area contributed by atoms with Gasteiger partial charge in [-0.05, 0) is 30.1 Å². The zero-order valence-electron chi connectivity index (χ0n) is 20.9. The molecule has 1 heterocycles. The number of nitrogens with one attached hydrogen (secondary N) is 2. The minimum absolute atomic E-state index is 0.00528. The van der Waals surface area contributed by atoms with Crippen LogP contribution < -0.4 is 10.6 Å². The molecule has 0 radical (unpaired) electrons. The number of carbonyl (C=O) groups is 6. The molecule has 11 heteroatoms. The maximum absolute atomic E-state index is 12.5. The van der Waals surface area contributed by atoms with Gasteiger partial charge in [-0.25, -0.2) is 4.79 Å². The molecular formula is C24H37N3O8. The van der Waals surface area contributed by atoms with Crippen LogP contribution in [0, 0.1) is 10.8 Å². The predicted octanol–water partition coefficient (Wildman–Crippen LogP) is 1.46. The van der Waals surface area contributed by atoms with E-state index in [1.807, 2.05) is 13.8 Å². The molecule has 196 valence electrons. The molecule has 0 aliphatic carbocycles. The Bertz CT molecular complexity index is 845. The summed E-state index contributed by atoms with van der Waals surface area (Å²) in [5.74, 6) is -3.76. The number of nitrogens with zero attached hydrogens (tertiary/aromatic N) is 1. The van der Waals surface area contributed by atoms with E-state index < -0.39 is 34.7 Å². The fourth-order valence-corrected chi connectivity index (χ4v) is 4.40. The van der Waals surface area contributed by atoms with Gasteiger partial charge in [0.15, 0.2) is 0 Å². The van der Waals surface area contributed by atoms with Crippen molar-refractivity contribution in [2.75, 3.05) is 13.1 Å². The Kier molecular flexibility index (Phi) is 11.1. The van der Waals surface area contributed by atoms with E-state index in [-0.39, 0.29) is 50.1 Å². The molecule has 0 saturated carbocycles. The van der Waals surface area contributed by atoms with Crippen LogP contribution in [-0.4, -0.2) is 69.8 Å². The lowest BCUT2D eigenvalue weighted by molar-refractivity contribution is -0.142. The highest BCUT2D eigenvalue weighted by Crippen LogP contribution is 2.38. The summed E-state index contributed by atoms with van der Waals surface area (Å²) < 4.78 is 0. The lowest BCUT2D eigenvalue weighted by atomic mass is 9.72. The Labute approximate surface area is 205 Å². The third-order valence-corrected chi connectivity index (χ3v) is 5.55. The van der Waals surface area contributed by atoms with Gasteiger partial charge in [-0.3, -0.25) is 28.9 Å². The van der Waals surface area contributed by atoms with Crippen LogP contribution >= 0.6 is 0 Å². The lowest BCUT2D eigenvalue weighted by Gasteiger charge is -2.34. The van der Waals surface area contributed by atoms with E-state index in [1.165, 1.54) is 12.2 Å². The highest BCUT2D eigenvalue weighted by molar-refractivity contribution is 6.12. The molecular weight excluding hydrogens is 458 g/mol. The molecule has 0 saturated heterocycles. The first kappa shape index (κ1) is 29.8. The summed E-state index contributed by atoms with van der Waals surface area (Å²) in [6, 6.07) is -1.30. The molecule has 0 spiro atoms. The van der Waals surface area contributed by atoms with Gasteiger partial charge in [0.25, 0.3) is 11.8 Å². The molecule has 0 unspecified atom stereocenters. The molecule has 1 atom stereocenters. The number of imide groups is 1. The number of carbonyl (C=O) groups excluding carboxylic acids is 4. The maximum atomic E-state index is 12.5.